The van der Waals surface area contributed by atoms with E-state index in [9.17, 15) is 0 Å². The van der Waals surface area contributed by atoms with Crippen molar-refractivity contribution in [2.75, 3.05) is 6.54 Å². The minimum absolute atomic E-state index is 0.568. The summed E-state index contributed by atoms with van der Waals surface area (Å²) < 4.78 is 7.17. The van der Waals surface area contributed by atoms with E-state index in [1.54, 1.807) is 12.5 Å². The maximum absolute atomic E-state index is 5.36. The monoisotopic (exact) mass is 206 g/mol. The van der Waals surface area contributed by atoms with Gasteiger partial charge >= 0.3 is 6.01 Å². The van der Waals surface area contributed by atoms with Gasteiger partial charge in [-0.2, -0.15) is 4.98 Å². The third-order valence-corrected chi connectivity index (χ3v) is 2.13. The molecular formula is C10H14N4O. The molecule has 1 N–H and O–H groups in total. The van der Waals surface area contributed by atoms with Crippen LogP contribution in [0.15, 0.2) is 23.1 Å². The summed E-state index contributed by atoms with van der Waals surface area (Å²) in [6, 6.07) is 0.568. The molecule has 2 aromatic heterocycles. The van der Waals surface area contributed by atoms with E-state index in [1.807, 2.05) is 17.7 Å². The van der Waals surface area contributed by atoms with Crippen LogP contribution in [0.2, 0.25) is 0 Å². The number of imidazole rings is 1. The fraction of sp³-hybridized carbons (Fsp3) is 0.400. The van der Waals surface area contributed by atoms with Crippen molar-refractivity contribution in [3.8, 4) is 6.01 Å². The van der Waals surface area contributed by atoms with Crippen LogP contribution in [-0.4, -0.2) is 21.1 Å². The van der Waals surface area contributed by atoms with E-state index in [4.69, 9.17) is 4.42 Å². The number of hydrogen-bond acceptors (Lipinski definition) is 4. The first-order chi connectivity index (χ1) is 7.31. The lowest BCUT2D eigenvalue weighted by molar-refractivity contribution is 0.522. The molecule has 0 aliphatic heterocycles. The van der Waals surface area contributed by atoms with Gasteiger partial charge in [-0.25, -0.2) is 4.98 Å². The van der Waals surface area contributed by atoms with E-state index in [0.717, 1.165) is 24.6 Å². The van der Waals surface area contributed by atoms with Gasteiger partial charge < -0.3 is 9.73 Å². The molecule has 5 heteroatoms. The topological polar surface area (TPSA) is 55.9 Å². The third-order valence-electron chi connectivity index (χ3n) is 2.13. The smallest absolute Gasteiger partial charge is 0.307 e. The molecule has 0 fully saturated rings. The van der Waals surface area contributed by atoms with Crippen LogP contribution in [-0.2, 0) is 6.54 Å². The normalized spacial score (nSPS) is 10.8. The molecule has 0 aromatic carbocycles. The number of nitrogens with zero attached hydrogens (tertiary/aromatic N) is 3. The lowest BCUT2D eigenvalue weighted by Crippen LogP contribution is -2.12. The molecule has 0 saturated heterocycles. The molecule has 0 amide bonds. The first kappa shape index (κ1) is 9.92. The van der Waals surface area contributed by atoms with Crippen LogP contribution < -0.4 is 5.32 Å². The summed E-state index contributed by atoms with van der Waals surface area (Å²) in [4.78, 5) is 8.46. The first-order valence-corrected chi connectivity index (χ1v) is 4.96. The predicted octanol–water partition coefficient (Wildman–Crippen LogP) is 1.28. The van der Waals surface area contributed by atoms with Gasteiger partial charge in [-0.05, 0) is 13.5 Å². The number of nitrogens with one attached hydrogen (secondary N) is 1. The Morgan fingerprint density at radius 3 is 3.07 bits per heavy atom. The summed E-state index contributed by atoms with van der Waals surface area (Å²) in [7, 11) is 0. The van der Waals surface area contributed by atoms with Crippen molar-refractivity contribution >= 4 is 0 Å². The Morgan fingerprint density at radius 2 is 2.40 bits per heavy atom. The van der Waals surface area contributed by atoms with Crippen LogP contribution in [0.1, 0.15) is 18.4 Å². The van der Waals surface area contributed by atoms with E-state index in [-0.39, 0.29) is 0 Å². The van der Waals surface area contributed by atoms with Gasteiger partial charge in [0.05, 0.1) is 5.69 Å². The molecule has 2 rings (SSSR count). The lowest BCUT2D eigenvalue weighted by Gasteiger charge is -1.96. The summed E-state index contributed by atoms with van der Waals surface area (Å²) in [5, 5.41) is 3.19. The molecular weight excluding hydrogens is 192 g/mol. The van der Waals surface area contributed by atoms with E-state index >= 15 is 0 Å². The fourth-order valence-electron chi connectivity index (χ4n) is 1.32. The zero-order valence-electron chi connectivity index (χ0n) is 8.90. The number of oxazole rings is 1. The SMILES string of the molecule is CCNCc1coc(-n2ccnc2C)n1. The zero-order valence-corrected chi connectivity index (χ0v) is 8.90. The Morgan fingerprint density at radius 1 is 1.53 bits per heavy atom. The molecule has 0 bridgehead atoms. The van der Waals surface area contributed by atoms with Crippen molar-refractivity contribution in [3.05, 3.63) is 30.2 Å². The third kappa shape index (κ3) is 2.07. The largest absolute Gasteiger partial charge is 0.431 e. The second-order valence-electron chi connectivity index (χ2n) is 3.25. The lowest BCUT2D eigenvalue weighted by atomic mass is 10.5. The highest BCUT2D eigenvalue weighted by Gasteiger charge is 2.07. The number of hydrogen-bond donors (Lipinski definition) is 1. The maximum atomic E-state index is 5.36. The van der Waals surface area contributed by atoms with E-state index in [1.165, 1.54) is 0 Å². The maximum Gasteiger partial charge on any atom is 0.307 e. The van der Waals surface area contributed by atoms with Crippen molar-refractivity contribution in [1.82, 2.24) is 19.9 Å². The summed E-state index contributed by atoms with van der Waals surface area (Å²) >= 11 is 0. The summed E-state index contributed by atoms with van der Waals surface area (Å²) in [6.45, 7) is 5.62. The average molecular weight is 206 g/mol. The zero-order chi connectivity index (χ0) is 10.7. The molecule has 0 radical (unpaired) electrons. The van der Waals surface area contributed by atoms with Crippen LogP contribution in [0.5, 0.6) is 0 Å². The van der Waals surface area contributed by atoms with Gasteiger partial charge in [-0.1, -0.05) is 6.92 Å². The summed E-state index contributed by atoms with van der Waals surface area (Å²) in [5.74, 6) is 0.867. The molecule has 0 unspecified atom stereocenters. The molecule has 0 atom stereocenters. The molecule has 15 heavy (non-hydrogen) atoms. The molecule has 0 spiro atoms. The van der Waals surface area contributed by atoms with Gasteiger partial charge in [0.2, 0.25) is 0 Å². The average Bonchev–Trinajstić information content (AvgIpc) is 2.83. The molecule has 0 saturated carbocycles. The van der Waals surface area contributed by atoms with Crippen LogP contribution >= 0.6 is 0 Å². The van der Waals surface area contributed by atoms with Crippen molar-refractivity contribution < 1.29 is 4.42 Å². The highest BCUT2D eigenvalue weighted by molar-refractivity contribution is 5.13. The van der Waals surface area contributed by atoms with Gasteiger partial charge in [-0.15, -0.1) is 0 Å². The second-order valence-corrected chi connectivity index (χ2v) is 3.25. The Hall–Kier alpha value is -1.62. The Balaban J connectivity index is 2.17. The molecule has 2 heterocycles. The highest BCUT2D eigenvalue weighted by Crippen LogP contribution is 2.09. The summed E-state index contributed by atoms with van der Waals surface area (Å²) in [6.07, 6.45) is 5.22. The van der Waals surface area contributed by atoms with Crippen LogP contribution in [0.4, 0.5) is 0 Å². The highest BCUT2D eigenvalue weighted by atomic mass is 16.4. The Labute approximate surface area is 88.2 Å². The van der Waals surface area contributed by atoms with E-state index in [0.29, 0.717) is 6.01 Å². The fourth-order valence-corrected chi connectivity index (χ4v) is 1.32. The van der Waals surface area contributed by atoms with Gasteiger partial charge in [0, 0.05) is 18.9 Å². The van der Waals surface area contributed by atoms with Gasteiger partial charge in [-0.3, -0.25) is 4.57 Å². The van der Waals surface area contributed by atoms with Crippen LogP contribution in [0, 0.1) is 6.92 Å². The predicted molar refractivity (Wildman–Crippen MR) is 55.7 cm³/mol. The van der Waals surface area contributed by atoms with Crippen molar-refractivity contribution in [2.45, 2.75) is 20.4 Å². The van der Waals surface area contributed by atoms with Gasteiger partial charge in [0.1, 0.15) is 12.1 Å². The molecule has 0 aliphatic carbocycles. The number of rotatable bonds is 4. The Kier molecular flexibility index (Phi) is 2.82. The minimum Gasteiger partial charge on any atom is -0.431 e. The van der Waals surface area contributed by atoms with E-state index < -0.39 is 0 Å². The molecule has 80 valence electrons. The van der Waals surface area contributed by atoms with Crippen molar-refractivity contribution in [2.24, 2.45) is 0 Å². The van der Waals surface area contributed by atoms with Gasteiger partial charge in [0.25, 0.3) is 0 Å². The van der Waals surface area contributed by atoms with E-state index in [2.05, 4.69) is 22.2 Å². The number of aromatic nitrogens is 3. The van der Waals surface area contributed by atoms with Crippen LogP contribution in [0.25, 0.3) is 6.01 Å². The van der Waals surface area contributed by atoms with Gasteiger partial charge in [0.15, 0.2) is 0 Å². The van der Waals surface area contributed by atoms with Crippen LogP contribution in [0.3, 0.4) is 0 Å². The van der Waals surface area contributed by atoms with Crippen molar-refractivity contribution in [3.63, 3.8) is 0 Å². The molecule has 0 aliphatic rings. The number of aryl methyl sites for hydroxylation is 1. The quantitative estimate of drug-likeness (QED) is 0.818. The van der Waals surface area contributed by atoms with Crippen molar-refractivity contribution in [1.29, 1.82) is 0 Å². The summed E-state index contributed by atoms with van der Waals surface area (Å²) in [5.41, 5.74) is 0.903. The minimum atomic E-state index is 0.568. The Bertz CT molecular complexity index is 432. The molecule has 2 aromatic rings. The first-order valence-electron chi connectivity index (χ1n) is 4.96. The standard InChI is InChI=1S/C10H14N4O/c1-3-11-6-9-7-15-10(13-9)14-5-4-12-8(14)2/h4-5,7,11H,3,6H2,1-2H3. The molecule has 5 nitrogen and oxygen atoms in total. The second kappa shape index (κ2) is 4.27.